The van der Waals surface area contributed by atoms with Gasteiger partial charge < -0.3 is 19.5 Å². The van der Waals surface area contributed by atoms with Crippen LogP contribution in [0, 0.1) is 0 Å². The number of piperazine rings is 1. The number of fused-ring (bicyclic) bond motifs is 2. The normalized spacial score (nSPS) is 15.3. The molecule has 0 unspecified atom stereocenters. The Morgan fingerprint density at radius 2 is 1.90 bits per heavy atom. The van der Waals surface area contributed by atoms with Gasteiger partial charge in [-0.2, -0.15) is 4.98 Å². The zero-order valence-electron chi connectivity index (χ0n) is 16.7. The summed E-state index contributed by atoms with van der Waals surface area (Å²) in [5, 5.41) is 2.16. The number of anilines is 1. The molecule has 0 spiro atoms. The molecule has 3 aromatic heterocycles. The van der Waals surface area contributed by atoms with Gasteiger partial charge in [0.25, 0.3) is 0 Å². The maximum atomic E-state index is 5.52. The number of nitrogens with one attached hydrogen (secondary N) is 1. The Balaban J connectivity index is 1.58. The summed E-state index contributed by atoms with van der Waals surface area (Å²) in [7, 11) is 2.16. The van der Waals surface area contributed by atoms with E-state index in [0.29, 0.717) is 12.5 Å². The van der Waals surface area contributed by atoms with Gasteiger partial charge in [-0.15, -0.1) is 0 Å². The third kappa shape index (κ3) is 3.27. The number of pyridine rings is 1. The Labute approximate surface area is 169 Å². The molecule has 1 saturated heterocycles. The van der Waals surface area contributed by atoms with Crippen LogP contribution in [0.1, 0.15) is 6.92 Å². The quantitative estimate of drug-likeness (QED) is 0.578. The van der Waals surface area contributed by atoms with E-state index < -0.39 is 0 Å². The molecule has 7 nitrogen and oxygen atoms in total. The minimum atomic E-state index is 0.603. The zero-order chi connectivity index (χ0) is 19.8. The first kappa shape index (κ1) is 17.9. The molecule has 29 heavy (non-hydrogen) atoms. The van der Waals surface area contributed by atoms with Crippen molar-refractivity contribution >= 4 is 27.8 Å². The first-order chi connectivity index (χ1) is 14.2. The number of hydrogen-bond acceptors (Lipinski definition) is 6. The second kappa shape index (κ2) is 7.33. The molecule has 0 aliphatic carbocycles. The lowest BCUT2D eigenvalue weighted by molar-refractivity contribution is 0.312. The van der Waals surface area contributed by atoms with Crippen molar-refractivity contribution in [3.8, 4) is 17.0 Å². The lowest BCUT2D eigenvalue weighted by atomic mass is 10.0. The molecule has 1 aliphatic heterocycles. The molecular formula is C22H24N6O. The first-order valence-electron chi connectivity index (χ1n) is 10.0. The van der Waals surface area contributed by atoms with E-state index in [-0.39, 0.29) is 0 Å². The Morgan fingerprint density at radius 3 is 2.72 bits per heavy atom. The van der Waals surface area contributed by atoms with Crippen LogP contribution in [0.15, 0.2) is 42.9 Å². The predicted molar refractivity (Wildman–Crippen MR) is 116 cm³/mol. The van der Waals surface area contributed by atoms with Crippen molar-refractivity contribution in [1.82, 2.24) is 24.8 Å². The molecule has 0 bridgehead atoms. The maximum Gasteiger partial charge on any atom is 0.215 e. The number of ether oxygens (including phenoxy) is 1. The van der Waals surface area contributed by atoms with E-state index in [9.17, 15) is 0 Å². The molecule has 1 N–H and O–H groups in total. The summed E-state index contributed by atoms with van der Waals surface area (Å²) in [6, 6.07) is 10.4. The number of nitrogens with zero attached hydrogens (tertiary/aromatic N) is 5. The second-order valence-corrected chi connectivity index (χ2v) is 7.40. The smallest absolute Gasteiger partial charge is 0.215 e. The number of benzene rings is 1. The lowest BCUT2D eigenvalue weighted by Crippen LogP contribution is -2.44. The molecule has 0 amide bonds. The topological polar surface area (TPSA) is 70.2 Å². The van der Waals surface area contributed by atoms with Crippen molar-refractivity contribution in [1.29, 1.82) is 0 Å². The molecule has 148 valence electrons. The van der Waals surface area contributed by atoms with Crippen molar-refractivity contribution < 1.29 is 4.74 Å². The van der Waals surface area contributed by atoms with Crippen LogP contribution in [-0.2, 0) is 0 Å². The van der Waals surface area contributed by atoms with E-state index >= 15 is 0 Å². The van der Waals surface area contributed by atoms with Crippen LogP contribution < -0.4 is 9.64 Å². The van der Waals surface area contributed by atoms with Gasteiger partial charge in [-0.3, -0.25) is 0 Å². The fourth-order valence-corrected chi connectivity index (χ4v) is 3.93. The third-order valence-corrected chi connectivity index (χ3v) is 5.53. The largest absolute Gasteiger partial charge is 0.478 e. The van der Waals surface area contributed by atoms with Gasteiger partial charge in [0.1, 0.15) is 17.8 Å². The van der Waals surface area contributed by atoms with Crippen molar-refractivity contribution in [2.45, 2.75) is 6.92 Å². The van der Waals surface area contributed by atoms with Crippen LogP contribution in [0.2, 0.25) is 0 Å². The zero-order valence-corrected chi connectivity index (χ0v) is 16.7. The van der Waals surface area contributed by atoms with Crippen LogP contribution in [0.4, 0.5) is 5.82 Å². The van der Waals surface area contributed by atoms with Gasteiger partial charge in [0.05, 0.1) is 12.1 Å². The predicted octanol–water partition coefficient (Wildman–Crippen LogP) is 3.32. The van der Waals surface area contributed by atoms with Crippen molar-refractivity contribution in [2.24, 2.45) is 0 Å². The molecule has 0 saturated carbocycles. The van der Waals surface area contributed by atoms with Crippen molar-refractivity contribution in [3.05, 3.63) is 42.9 Å². The SMILES string of the molecule is CCOc1ccc2c(-c3ccc4ncnc(N5CCN(C)CC5)c4c3)c[nH]c2n1. The van der Waals surface area contributed by atoms with Crippen LogP contribution in [0.25, 0.3) is 33.1 Å². The van der Waals surface area contributed by atoms with Crippen molar-refractivity contribution in [2.75, 3.05) is 44.7 Å². The summed E-state index contributed by atoms with van der Waals surface area (Å²) >= 11 is 0. The molecule has 0 atom stereocenters. The summed E-state index contributed by atoms with van der Waals surface area (Å²) in [5.41, 5.74) is 4.04. The fourth-order valence-electron chi connectivity index (χ4n) is 3.93. The number of likely N-dealkylation sites (N-methyl/N-ethyl adjacent to an activating group) is 1. The highest BCUT2D eigenvalue weighted by Crippen LogP contribution is 2.33. The third-order valence-electron chi connectivity index (χ3n) is 5.53. The van der Waals surface area contributed by atoms with Crippen LogP contribution in [0.5, 0.6) is 5.88 Å². The summed E-state index contributed by atoms with van der Waals surface area (Å²) < 4.78 is 5.52. The number of rotatable bonds is 4. The fraction of sp³-hybridized carbons (Fsp3) is 0.318. The highest BCUT2D eigenvalue weighted by Gasteiger charge is 2.18. The molecule has 4 aromatic rings. The first-order valence-corrected chi connectivity index (χ1v) is 10.0. The molecule has 1 aromatic carbocycles. The Kier molecular flexibility index (Phi) is 4.52. The van der Waals surface area contributed by atoms with E-state index in [1.165, 1.54) is 0 Å². The molecule has 1 fully saturated rings. The number of aromatic nitrogens is 4. The molecular weight excluding hydrogens is 364 g/mol. The minimum Gasteiger partial charge on any atom is -0.478 e. The Bertz CT molecular complexity index is 1160. The van der Waals surface area contributed by atoms with Gasteiger partial charge in [-0.1, -0.05) is 6.07 Å². The monoisotopic (exact) mass is 388 g/mol. The Morgan fingerprint density at radius 1 is 1.03 bits per heavy atom. The van der Waals surface area contributed by atoms with Gasteiger partial charge in [-0.05, 0) is 37.7 Å². The summed E-state index contributed by atoms with van der Waals surface area (Å²) in [6.07, 6.45) is 3.68. The average molecular weight is 388 g/mol. The van der Waals surface area contributed by atoms with Gasteiger partial charge >= 0.3 is 0 Å². The summed E-state index contributed by atoms with van der Waals surface area (Å²) in [5.74, 6) is 1.65. The summed E-state index contributed by atoms with van der Waals surface area (Å²) in [4.78, 5) is 21.7. The Hall–Kier alpha value is -3.19. The molecule has 4 heterocycles. The van der Waals surface area contributed by atoms with E-state index in [2.05, 4.69) is 61.0 Å². The summed E-state index contributed by atoms with van der Waals surface area (Å²) in [6.45, 7) is 6.60. The highest BCUT2D eigenvalue weighted by molar-refractivity contribution is 5.98. The van der Waals surface area contributed by atoms with Gasteiger partial charge in [-0.25, -0.2) is 9.97 Å². The molecule has 0 radical (unpaired) electrons. The molecule has 7 heteroatoms. The van der Waals surface area contributed by atoms with E-state index in [0.717, 1.165) is 65.1 Å². The molecule has 1 aliphatic rings. The van der Waals surface area contributed by atoms with E-state index in [1.54, 1.807) is 6.33 Å². The van der Waals surface area contributed by atoms with Crippen LogP contribution >= 0.6 is 0 Å². The van der Waals surface area contributed by atoms with Crippen molar-refractivity contribution in [3.63, 3.8) is 0 Å². The maximum absolute atomic E-state index is 5.52. The average Bonchev–Trinajstić information content (AvgIpc) is 3.17. The van der Waals surface area contributed by atoms with Gasteiger partial charge in [0, 0.05) is 54.8 Å². The van der Waals surface area contributed by atoms with Crippen LogP contribution in [0.3, 0.4) is 0 Å². The van der Waals surface area contributed by atoms with Crippen LogP contribution in [-0.4, -0.2) is 64.7 Å². The molecule has 5 rings (SSSR count). The van der Waals surface area contributed by atoms with E-state index in [4.69, 9.17) is 4.74 Å². The van der Waals surface area contributed by atoms with Gasteiger partial charge in [0.15, 0.2) is 0 Å². The second-order valence-electron chi connectivity index (χ2n) is 7.40. The minimum absolute atomic E-state index is 0.603. The number of aromatic amines is 1. The highest BCUT2D eigenvalue weighted by atomic mass is 16.5. The number of H-pyrrole nitrogens is 1. The standard InChI is InChI=1S/C22H24N6O/c1-3-29-20-7-5-16-18(13-23-21(16)26-20)15-4-6-19-17(12-15)22(25-14-24-19)28-10-8-27(2)9-11-28/h4-7,12-14H,3,8-11H2,1-2H3,(H,23,26). The number of hydrogen-bond donors (Lipinski definition) is 1. The lowest BCUT2D eigenvalue weighted by Gasteiger charge is -2.33. The van der Waals surface area contributed by atoms with Gasteiger partial charge in [0.2, 0.25) is 5.88 Å². The van der Waals surface area contributed by atoms with E-state index in [1.807, 2.05) is 19.2 Å².